The molecule has 0 saturated heterocycles. The van der Waals surface area contributed by atoms with Gasteiger partial charge in [0.05, 0.1) is 12.5 Å². The maximum Gasteiger partial charge on any atom is 0.308 e. The van der Waals surface area contributed by atoms with Crippen molar-refractivity contribution in [2.24, 2.45) is 11.8 Å². The highest BCUT2D eigenvalue weighted by atomic mass is 28.2. The van der Waals surface area contributed by atoms with Gasteiger partial charge >= 0.3 is 5.97 Å². The smallest absolute Gasteiger partial charge is 0.308 e. The number of esters is 1. The molecular weight excluding hydrogens is 180 g/mol. The lowest BCUT2D eigenvalue weighted by Crippen LogP contribution is -2.13. The molecule has 0 atom stereocenters. The second kappa shape index (κ2) is 7.13. The lowest BCUT2D eigenvalue weighted by Gasteiger charge is -2.07. The van der Waals surface area contributed by atoms with Crippen LogP contribution in [-0.2, 0) is 9.53 Å². The summed E-state index contributed by atoms with van der Waals surface area (Å²) in [5, 5.41) is 0. The minimum Gasteiger partial charge on any atom is -0.466 e. The minimum absolute atomic E-state index is 0.0191. The first-order valence-electron chi connectivity index (χ1n) is 5.20. The molecule has 78 valence electrons. The molecule has 0 radical (unpaired) electrons. The highest BCUT2D eigenvalue weighted by Gasteiger charge is 2.07. The fourth-order valence-electron chi connectivity index (χ4n) is 0.994. The number of hydrogen-bond acceptors (Lipinski definition) is 2. The van der Waals surface area contributed by atoms with Gasteiger partial charge in [-0.05, 0) is 12.0 Å². The van der Waals surface area contributed by atoms with Crippen LogP contribution < -0.4 is 0 Å². The van der Waals surface area contributed by atoms with Gasteiger partial charge in [-0.3, -0.25) is 4.79 Å². The zero-order chi connectivity index (χ0) is 10.3. The summed E-state index contributed by atoms with van der Waals surface area (Å²) in [6.45, 7) is 8.87. The first-order valence-corrected chi connectivity index (χ1v) is 7.20. The fourth-order valence-corrected chi connectivity index (χ4v) is 2.45. The first kappa shape index (κ1) is 12.7. The quantitative estimate of drug-likeness (QED) is 0.373. The van der Waals surface area contributed by atoms with E-state index >= 15 is 0 Å². The summed E-state index contributed by atoms with van der Waals surface area (Å²) in [4.78, 5) is 11.0. The van der Waals surface area contributed by atoms with Crippen molar-refractivity contribution < 1.29 is 9.53 Å². The summed E-state index contributed by atoms with van der Waals surface area (Å²) >= 11 is 0. The van der Waals surface area contributed by atoms with E-state index in [1.54, 1.807) is 0 Å². The number of ether oxygens (including phenoxy) is 1. The molecule has 0 aromatic carbocycles. The van der Waals surface area contributed by atoms with Gasteiger partial charge in [-0.15, -0.1) is 0 Å². The van der Waals surface area contributed by atoms with E-state index < -0.39 is 0 Å². The highest BCUT2D eigenvalue weighted by molar-refractivity contribution is 6.35. The molecule has 0 aliphatic carbocycles. The van der Waals surface area contributed by atoms with Gasteiger partial charge in [0.2, 0.25) is 0 Å². The van der Waals surface area contributed by atoms with Crippen LogP contribution in [-0.4, -0.2) is 22.1 Å². The molecular formula is C10H22O2Si. The Morgan fingerprint density at radius 2 is 1.92 bits per heavy atom. The van der Waals surface area contributed by atoms with E-state index in [1.165, 1.54) is 6.04 Å². The van der Waals surface area contributed by atoms with E-state index in [9.17, 15) is 4.79 Å². The Labute approximate surface area is 83.9 Å². The normalized spacial score (nSPS) is 11.8. The van der Waals surface area contributed by atoms with E-state index in [4.69, 9.17) is 4.74 Å². The SMILES string of the molecule is CC(C)C[SiH2]CCOC(=O)C(C)C. The zero-order valence-corrected chi connectivity index (χ0v) is 10.7. The third kappa shape index (κ3) is 8.03. The summed E-state index contributed by atoms with van der Waals surface area (Å²) in [7, 11) is 0.0191. The second-order valence-corrected chi connectivity index (χ2v) is 6.20. The monoisotopic (exact) mass is 202 g/mol. The zero-order valence-electron chi connectivity index (χ0n) is 9.30. The predicted molar refractivity (Wildman–Crippen MR) is 58.8 cm³/mol. The van der Waals surface area contributed by atoms with Crippen LogP contribution in [0.5, 0.6) is 0 Å². The number of hydrogen-bond donors (Lipinski definition) is 0. The molecule has 0 unspecified atom stereocenters. The molecule has 0 rings (SSSR count). The molecule has 0 aliphatic rings. The van der Waals surface area contributed by atoms with Crippen LogP contribution >= 0.6 is 0 Å². The average Bonchev–Trinajstić information content (AvgIpc) is 2.02. The van der Waals surface area contributed by atoms with Gasteiger partial charge in [0, 0.05) is 9.52 Å². The molecule has 0 bridgehead atoms. The van der Waals surface area contributed by atoms with E-state index in [1.807, 2.05) is 13.8 Å². The molecule has 0 fully saturated rings. The molecule has 0 spiro atoms. The Bertz CT molecular complexity index is 144. The maximum atomic E-state index is 11.0. The van der Waals surface area contributed by atoms with Gasteiger partial charge in [-0.1, -0.05) is 33.7 Å². The first-order chi connectivity index (χ1) is 6.04. The molecule has 13 heavy (non-hydrogen) atoms. The molecule has 0 heterocycles. The largest absolute Gasteiger partial charge is 0.466 e. The van der Waals surface area contributed by atoms with Crippen molar-refractivity contribution in [2.45, 2.75) is 39.8 Å². The number of carbonyl (C=O) groups is 1. The standard InChI is InChI=1S/C10H22O2Si/c1-8(2)7-13-6-5-12-10(11)9(3)4/h8-9H,5-7,13H2,1-4H3. The van der Waals surface area contributed by atoms with Gasteiger partial charge in [-0.2, -0.15) is 0 Å². The third-order valence-corrected chi connectivity index (χ3v) is 4.24. The third-order valence-electron chi connectivity index (χ3n) is 1.89. The Hall–Kier alpha value is -0.313. The van der Waals surface area contributed by atoms with E-state index in [2.05, 4.69) is 13.8 Å². The second-order valence-electron chi connectivity index (χ2n) is 4.21. The van der Waals surface area contributed by atoms with Crippen LogP contribution in [0.2, 0.25) is 12.1 Å². The van der Waals surface area contributed by atoms with Gasteiger partial charge in [0.15, 0.2) is 0 Å². The highest BCUT2D eigenvalue weighted by Crippen LogP contribution is 2.02. The van der Waals surface area contributed by atoms with Crippen LogP contribution in [0.1, 0.15) is 27.7 Å². The Morgan fingerprint density at radius 3 is 2.38 bits per heavy atom. The number of rotatable bonds is 6. The minimum atomic E-state index is -0.0569. The summed E-state index contributed by atoms with van der Waals surface area (Å²) < 4.78 is 5.08. The van der Waals surface area contributed by atoms with Crippen molar-refractivity contribution in [1.82, 2.24) is 0 Å². The molecule has 0 amide bonds. The van der Waals surface area contributed by atoms with Gasteiger partial charge in [-0.25, -0.2) is 0 Å². The Balaban J connectivity index is 3.21. The molecule has 3 heteroatoms. The van der Waals surface area contributed by atoms with Gasteiger partial charge in [0.1, 0.15) is 0 Å². The molecule has 0 saturated carbocycles. The molecule has 0 aliphatic heterocycles. The Kier molecular flexibility index (Phi) is 6.95. The predicted octanol–water partition coefficient (Wildman–Crippen LogP) is 1.85. The summed E-state index contributed by atoms with van der Waals surface area (Å²) in [5.41, 5.74) is 0. The van der Waals surface area contributed by atoms with Crippen LogP contribution in [0.15, 0.2) is 0 Å². The van der Waals surface area contributed by atoms with E-state index in [-0.39, 0.29) is 21.4 Å². The number of carbonyl (C=O) groups excluding carboxylic acids is 1. The molecule has 0 N–H and O–H groups in total. The van der Waals surface area contributed by atoms with Crippen molar-refractivity contribution in [1.29, 1.82) is 0 Å². The maximum absolute atomic E-state index is 11.0. The van der Waals surface area contributed by atoms with Crippen molar-refractivity contribution in [3.63, 3.8) is 0 Å². The van der Waals surface area contributed by atoms with Crippen molar-refractivity contribution in [3.8, 4) is 0 Å². The molecule has 2 nitrogen and oxygen atoms in total. The van der Waals surface area contributed by atoms with Crippen LogP contribution in [0.3, 0.4) is 0 Å². The molecule has 0 aromatic rings. The summed E-state index contributed by atoms with van der Waals surface area (Å²) in [5.74, 6) is 0.776. The van der Waals surface area contributed by atoms with Gasteiger partial charge in [0.25, 0.3) is 0 Å². The van der Waals surface area contributed by atoms with E-state index in [0.717, 1.165) is 12.0 Å². The Morgan fingerprint density at radius 1 is 1.31 bits per heavy atom. The van der Waals surface area contributed by atoms with Crippen molar-refractivity contribution in [3.05, 3.63) is 0 Å². The summed E-state index contributed by atoms with van der Waals surface area (Å²) in [6, 6.07) is 2.50. The van der Waals surface area contributed by atoms with Crippen LogP contribution in [0.4, 0.5) is 0 Å². The van der Waals surface area contributed by atoms with Crippen LogP contribution in [0, 0.1) is 11.8 Å². The van der Waals surface area contributed by atoms with Crippen LogP contribution in [0.25, 0.3) is 0 Å². The van der Waals surface area contributed by atoms with Gasteiger partial charge < -0.3 is 4.74 Å². The molecule has 0 aromatic heterocycles. The lowest BCUT2D eigenvalue weighted by molar-refractivity contribution is -0.146. The topological polar surface area (TPSA) is 26.3 Å². The van der Waals surface area contributed by atoms with Crippen molar-refractivity contribution >= 4 is 15.5 Å². The fraction of sp³-hybridized carbons (Fsp3) is 0.900. The average molecular weight is 202 g/mol. The van der Waals surface area contributed by atoms with Crippen molar-refractivity contribution in [2.75, 3.05) is 6.61 Å². The lowest BCUT2D eigenvalue weighted by atomic mass is 10.2. The van der Waals surface area contributed by atoms with E-state index in [0.29, 0.717) is 6.61 Å². The summed E-state index contributed by atoms with van der Waals surface area (Å²) in [6.07, 6.45) is 0.